The molecule has 9 heteroatoms. The lowest BCUT2D eigenvalue weighted by Crippen LogP contribution is -2.30. The lowest BCUT2D eigenvalue weighted by Gasteiger charge is -2.22. The number of hydrogen-bond donors (Lipinski definition) is 0. The van der Waals surface area contributed by atoms with E-state index in [2.05, 4.69) is 16.3 Å². The van der Waals surface area contributed by atoms with Crippen LogP contribution >= 0.6 is 11.6 Å². The van der Waals surface area contributed by atoms with Gasteiger partial charge in [0, 0.05) is 30.1 Å². The number of nitrogens with zero attached hydrogens (tertiary/aromatic N) is 7. The summed E-state index contributed by atoms with van der Waals surface area (Å²) in [4.78, 5) is 6.05. The van der Waals surface area contributed by atoms with E-state index < -0.39 is 0 Å². The Kier molecular flexibility index (Phi) is 6.28. The summed E-state index contributed by atoms with van der Waals surface area (Å²) < 4.78 is 9.78. The smallest absolute Gasteiger partial charge is 0.179 e. The number of pyridine rings is 2. The van der Waals surface area contributed by atoms with Gasteiger partial charge in [-0.1, -0.05) is 31.5 Å². The lowest BCUT2D eigenvalue weighted by molar-refractivity contribution is 0.301. The van der Waals surface area contributed by atoms with Crippen LogP contribution in [0.25, 0.3) is 16.8 Å². The normalized spacial score (nSPS) is 12.7. The van der Waals surface area contributed by atoms with E-state index in [0.717, 1.165) is 28.2 Å². The molecule has 0 spiro atoms. The Bertz CT molecular complexity index is 1270. The van der Waals surface area contributed by atoms with Crippen molar-refractivity contribution in [1.82, 2.24) is 29.3 Å². The summed E-state index contributed by atoms with van der Waals surface area (Å²) in [6.07, 6.45) is 7.47. The maximum absolute atomic E-state index is 9.24. The van der Waals surface area contributed by atoms with Gasteiger partial charge in [-0.25, -0.2) is 4.52 Å². The largest absolute Gasteiger partial charge is 0.485 e. The molecule has 0 saturated heterocycles. The third-order valence-electron chi connectivity index (χ3n) is 5.29. The van der Waals surface area contributed by atoms with Crippen LogP contribution in [0.4, 0.5) is 0 Å². The summed E-state index contributed by atoms with van der Waals surface area (Å²) in [5.41, 5.74) is 5.34. The molecule has 8 nitrogen and oxygen atoms in total. The molecular weight excluding hydrogens is 426 g/mol. The Morgan fingerprint density at radius 2 is 2.09 bits per heavy atom. The Morgan fingerprint density at radius 1 is 1.25 bits per heavy atom. The Balaban J connectivity index is 0.00000119. The van der Waals surface area contributed by atoms with Crippen molar-refractivity contribution in [3.8, 4) is 23.2 Å². The molecule has 0 amide bonds. The number of halogens is 1. The van der Waals surface area contributed by atoms with Gasteiger partial charge >= 0.3 is 0 Å². The topological polar surface area (TPSA) is 84.3 Å². The fraction of sp³-hybridized carbons (Fsp3) is 0.304. The van der Waals surface area contributed by atoms with E-state index in [9.17, 15) is 5.26 Å². The van der Waals surface area contributed by atoms with E-state index in [1.54, 1.807) is 21.8 Å². The van der Waals surface area contributed by atoms with Crippen molar-refractivity contribution in [1.29, 1.82) is 5.26 Å². The second-order valence-electron chi connectivity index (χ2n) is 7.15. The van der Waals surface area contributed by atoms with Crippen LogP contribution in [0, 0.1) is 18.4 Å². The van der Waals surface area contributed by atoms with Gasteiger partial charge < -0.3 is 9.64 Å². The first-order chi connectivity index (χ1) is 15.6. The molecule has 0 fully saturated rings. The van der Waals surface area contributed by atoms with E-state index in [-0.39, 0.29) is 0 Å². The van der Waals surface area contributed by atoms with Crippen LogP contribution in [0.2, 0.25) is 5.02 Å². The molecule has 1 aliphatic rings. The van der Waals surface area contributed by atoms with Gasteiger partial charge in [0.1, 0.15) is 17.9 Å². The summed E-state index contributed by atoms with van der Waals surface area (Å²) >= 11 is 6.37. The average Bonchev–Trinajstić information content (AvgIpc) is 3.39. The maximum atomic E-state index is 9.24. The number of rotatable bonds is 4. The van der Waals surface area contributed by atoms with Gasteiger partial charge in [-0.3, -0.25) is 9.67 Å². The second-order valence-corrected chi connectivity index (χ2v) is 7.56. The third-order valence-corrected chi connectivity index (χ3v) is 5.57. The highest BCUT2D eigenvalue weighted by Crippen LogP contribution is 2.34. The molecule has 0 bridgehead atoms. The Hall–Kier alpha value is -3.57. The summed E-state index contributed by atoms with van der Waals surface area (Å²) in [5.74, 6) is 0.615. The van der Waals surface area contributed by atoms with Crippen LogP contribution in [0.3, 0.4) is 0 Å². The molecule has 5 heterocycles. The van der Waals surface area contributed by atoms with Crippen molar-refractivity contribution in [2.75, 3.05) is 6.54 Å². The van der Waals surface area contributed by atoms with Crippen molar-refractivity contribution < 1.29 is 4.74 Å². The third kappa shape index (κ3) is 3.99. The van der Waals surface area contributed by atoms with Crippen molar-refractivity contribution in [2.45, 2.75) is 40.5 Å². The molecule has 0 unspecified atom stereocenters. The molecule has 4 aromatic heterocycles. The fourth-order valence-corrected chi connectivity index (χ4v) is 3.95. The second kappa shape index (κ2) is 9.28. The van der Waals surface area contributed by atoms with Crippen molar-refractivity contribution in [3.05, 3.63) is 64.8 Å². The van der Waals surface area contributed by atoms with Crippen LogP contribution in [0.15, 0.2) is 42.9 Å². The molecule has 1 aliphatic heterocycles. The van der Waals surface area contributed by atoms with Crippen LogP contribution in [-0.2, 0) is 19.7 Å². The zero-order chi connectivity index (χ0) is 22.7. The highest BCUT2D eigenvalue weighted by atomic mass is 35.5. The van der Waals surface area contributed by atoms with Crippen LogP contribution in [0.1, 0.15) is 30.8 Å². The van der Waals surface area contributed by atoms with E-state index in [0.29, 0.717) is 42.5 Å². The first-order valence-electron chi connectivity index (χ1n) is 10.5. The predicted molar refractivity (Wildman–Crippen MR) is 122 cm³/mol. The standard InChI is InChI=1S/C21H18ClN7O.C2H6/c1-14-18-11-27(13-23)6-7-28(18)26-20(14)15-8-19(21-17(22)9-25-29(21)10-15)30-12-16-4-2-3-5-24-16;1-2/h2-5,8-10H,6-7,11-12H2,1H3;1-2H3. The van der Waals surface area contributed by atoms with Gasteiger partial charge in [-0.15, -0.1) is 0 Å². The van der Waals surface area contributed by atoms with Gasteiger partial charge in [-0.2, -0.15) is 15.5 Å². The first kappa shape index (κ1) is 21.7. The molecule has 164 valence electrons. The van der Waals surface area contributed by atoms with Gasteiger partial charge in [-0.05, 0) is 25.1 Å². The van der Waals surface area contributed by atoms with E-state index in [1.165, 1.54) is 0 Å². The van der Waals surface area contributed by atoms with Crippen LogP contribution in [0.5, 0.6) is 5.75 Å². The molecule has 5 rings (SSSR count). The maximum Gasteiger partial charge on any atom is 0.179 e. The monoisotopic (exact) mass is 449 g/mol. The number of hydrogen-bond acceptors (Lipinski definition) is 6. The fourth-order valence-electron chi connectivity index (χ4n) is 3.73. The van der Waals surface area contributed by atoms with Crippen molar-refractivity contribution in [3.63, 3.8) is 0 Å². The molecule has 0 aliphatic carbocycles. The minimum atomic E-state index is 0.317. The van der Waals surface area contributed by atoms with E-state index in [4.69, 9.17) is 21.4 Å². The van der Waals surface area contributed by atoms with Gasteiger partial charge in [0.25, 0.3) is 0 Å². The molecule has 0 N–H and O–H groups in total. The summed E-state index contributed by atoms with van der Waals surface area (Å²) in [6.45, 7) is 8.26. The average molecular weight is 450 g/mol. The number of fused-ring (bicyclic) bond motifs is 2. The Labute approximate surface area is 191 Å². The lowest BCUT2D eigenvalue weighted by atomic mass is 10.1. The quantitative estimate of drug-likeness (QED) is 0.428. The SMILES string of the molecule is CC.Cc1c(-c2cc(OCc3ccccn3)c3c(Cl)cnn3c2)nn2c1CN(C#N)CC2. The number of nitriles is 1. The van der Waals surface area contributed by atoms with Gasteiger partial charge in [0.2, 0.25) is 0 Å². The van der Waals surface area contributed by atoms with E-state index >= 15 is 0 Å². The van der Waals surface area contributed by atoms with Gasteiger partial charge in [0.15, 0.2) is 6.19 Å². The summed E-state index contributed by atoms with van der Waals surface area (Å²) in [6, 6.07) is 7.64. The highest BCUT2D eigenvalue weighted by molar-refractivity contribution is 6.34. The minimum Gasteiger partial charge on any atom is -0.485 e. The van der Waals surface area contributed by atoms with Gasteiger partial charge in [0.05, 0.1) is 41.4 Å². The molecule has 4 aromatic rings. The highest BCUT2D eigenvalue weighted by Gasteiger charge is 2.23. The Morgan fingerprint density at radius 3 is 2.84 bits per heavy atom. The molecule has 0 saturated carbocycles. The number of ether oxygens (including phenoxy) is 1. The summed E-state index contributed by atoms with van der Waals surface area (Å²) in [5, 5.41) is 18.9. The van der Waals surface area contributed by atoms with Crippen LogP contribution < -0.4 is 4.74 Å². The first-order valence-corrected chi connectivity index (χ1v) is 10.9. The summed E-state index contributed by atoms with van der Waals surface area (Å²) in [7, 11) is 0. The molecular formula is C23H24ClN7O. The van der Waals surface area contributed by atoms with E-state index in [1.807, 2.05) is 55.9 Å². The zero-order valence-electron chi connectivity index (χ0n) is 18.3. The molecule has 0 aromatic carbocycles. The van der Waals surface area contributed by atoms with Crippen LogP contribution in [-0.4, -0.2) is 35.8 Å². The van der Waals surface area contributed by atoms with Crippen molar-refractivity contribution in [2.24, 2.45) is 0 Å². The molecule has 0 atom stereocenters. The predicted octanol–water partition coefficient (Wildman–Crippen LogP) is 4.46. The zero-order valence-corrected chi connectivity index (χ0v) is 19.0. The van der Waals surface area contributed by atoms with Crippen molar-refractivity contribution >= 4 is 17.1 Å². The molecule has 32 heavy (non-hydrogen) atoms. The minimum absolute atomic E-state index is 0.317. The molecule has 0 radical (unpaired) electrons. The number of aromatic nitrogens is 5.